The molecule has 2 aromatic rings. The van der Waals surface area contributed by atoms with Crippen molar-refractivity contribution >= 4 is 11.4 Å². The second kappa shape index (κ2) is 7.35. The van der Waals surface area contributed by atoms with Gasteiger partial charge in [0, 0.05) is 32.0 Å². The summed E-state index contributed by atoms with van der Waals surface area (Å²) in [6.45, 7) is 7.66. The van der Waals surface area contributed by atoms with E-state index in [2.05, 4.69) is 93.6 Å². The standard InChI is InChI=1S/C20H28N2/c1-15(2)17-6-10-19(11-7-17)21-14-16(3)18-8-12-20(13-9-18)22(4)5/h6-13,15-16,21H,14H2,1-5H3. The van der Waals surface area contributed by atoms with E-state index in [1.54, 1.807) is 0 Å². The van der Waals surface area contributed by atoms with E-state index < -0.39 is 0 Å². The van der Waals surface area contributed by atoms with Gasteiger partial charge in [-0.25, -0.2) is 0 Å². The fourth-order valence-electron chi connectivity index (χ4n) is 2.48. The van der Waals surface area contributed by atoms with Crippen molar-refractivity contribution in [2.75, 3.05) is 30.9 Å². The van der Waals surface area contributed by atoms with Crippen LogP contribution in [0.1, 0.15) is 43.7 Å². The van der Waals surface area contributed by atoms with Crippen molar-refractivity contribution in [2.24, 2.45) is 0 Å². The lowest BCUT2D eigenvalue weighted by molar-refractivity contribution is 0.804. The monoisotopic (exact) mass is 296 g/mol. The Morgan fingerprint density at radius 2 is 1.36 bits per heavy atom. The van der Waals surface area contributed by atoms with Crippen LogP contribution in [0.4, 0.5) is 11.4 Å². The van der Waals surface area contributed by atoms with Crippen molar-refractivity contribution in [1.29, 1.82) is 0 Å². The summed E-state index contributed by atoms with van der Waals surface area (Å²) in [4.78, 5) is 2.13. The first-order chi connectivity index (χ1) is 10.5. The number of hydrogen-bond donors (Lipinski definition) is 1. The molecule has 1 atom stereocenters. The fraction of sp³-hybridized carbons (Fsp3) is 0.400. The molecule has 2 heteroatoms. The van der Waals surface area contributed by atoms with Gasteiger partial charge in [-0.2, -0.15) is 0 Å². The maximum Gasteiger partial charge on any atom is 0.0361 e. The summed E-state index contributed by atoms with van der Waals surface area (Å²) in [7, 11) is 4.14. The van der Waals surface area contributed by atoms with Crippen LogP contribution >= 0.6 is 0 Å². The van der Waals surface area contributed by atoms with Gasteiger partial charge in [-0.3, -0.25) is 0 Å². The molecule has 0 heterocycles. The first kappa shape index (κ1) is 16.4. The molecule has 2 rings (SSSR count). The normalized spacial score (nSPS) is 12.3. The average molecular weight is 296 g/mol. The Labute approximate surface area is 135 Å². The SMILES string of the molecule is CC(C)c1ccc(NCC(C)c2ccc(N(C)C)cc2)cc1. The zero-order valence-corrected chi connectivity index (χ0v) is 14.4. The highest BCUT2D eigenvalue weighted by Gasteiger charge is 2.06. The molecule has 0 bridgehead atoms. The van der Waals surface area contributed by atoms with Crippen LogP contribution in [-0.4, -0.2) is 20.6 Å². The van der Waals surface area contributed by atoms with Gasteiger partial charge in [0.25, 0.3) is 0 Å². The lowest BCUT2D eigenvalue weighted by Gasteiger charge is -2.17. The maximum atomic E-state index is 3.54. The number of benzene rings is 2. The van der Waals surface area contributed by atoms with Crippen LogP contribution in [0.3, 0.4) is 0 Å². The van der Waals surface area contributed by atoms with Crippen LogP contribution in [0, 0.1) is 0 Å². The van der Waals surface area contributed by atoms with Crippen LogP contribution in [-0.2, 0) is 0 Å². The third kappa shape index (κ3) is 4.27. The van der Waals surface area contributed by atoms with Crippen LogP contribution in [0.2, 0.25) is 0 Å². The smallest absolute Gasteiger partial charge is 0.0361 e. The molecule has 0 radical (unpaired) electrons. The highest BCUT2D eigenvalue weighted by atomic mass is 15.1. The number of nitrogens with zero attached hydrogens (tertiary/aromatic N) is 1. The fourth-order valence-corrected chi connectivity index (χ4v) is 2.48. The molecule has 0 amide bonds. The van der Waals surface area contributed by atoms with Crippen LogP contribution in [0.25, 0.3) is 0 Å². The molecule has 118 valence electrons. The van der Waals surface area contributed by atoms with Crippen molar-refractivity contribution in [3.63, 3.8) is 0 Å². The van der Waals surface area contributed by atoms with E-state index in [-0.39, 0.29) is 0 Å². The van der Waals surface area contributed by atoms with E-state index in [0.29, 0.717) is 11.8 Å². The molecule has 2 aromatic carbocycles. The molecule has 0 aliphatic heterocycles. The summed E-state index contributed by atoms with van der Waals surface area (Å²) >= 11 is 0. The van der Waals surface area contributed by atoms with Crippen molar-refractivity contribution in [2.45, 2.75) is 32.6 Å². The van der Waals surface area contributed by atoms with Crippen LogP contribution in [0.15, 0.2) is 48.5 Å². The Morgan fingerprint density at radius 1 is 0.818 bits per heavy atom. The molecule has 1 unspecified atom stereocenters. The van der Waals surface area contributed by atoms with E-state index in [0.717, 1.165) is 6.54 Å². The predicted molar refractivity (Wildman–Crippen MR) is 98.2 cm³/mol. The average Bonchev–Trinajstić information content (AvgIpc) is 2.53. The Balaban J connectivity index is 1.93. The van der Waals surface area contributed by atoms with Gasteiger partial charge >= 0.3 is 0 Å². The van der Waals surface area contributed by atoms with Gasteiger partial charge < -0.3 is 10.2 Å². The van der Waals surface area contributed by atoms with E-state index in [9.17, 15) is 0 Å². The number of hydrogen-bond acceptors (Lipinski definition) is 2. The predicted octanol–water partition coefficient (Wildman–Crippen LogP) is 5.09. The van der Waals surface area contributed by atoms with Gasteiger partial charge in [-0.05, 0) is 47.2 Å². The lowest BCUT2D eigenvalue weighted by Crippen LogP contribution is -2.11. The summed E-state index contributed by atoms with van der Waals surface area (Å²) in [5.74, 6) is 1.07. The quantitative estimate of drug-likeness (QED) is 0.798. The van der Waals surface area contributed by atoms with Gasteiger partial charge in [-0.15, -0.1) is 0 Å². The van der Waals surface area contributed by atoms with Gasteiger partial charge in [0.1, 0.15) is 0 Å². The topological polar surface area (TPSA) is 15.3 Å². The van der Waals surface area contributed by atoms with E-state index in [4.69, 9.17) is 0 Å². The zero-order chi connectivity index (χ0) is 16.1. The summed E-state index contributed by atoms with van der Waals surface area (Å²) in [5.41, 5.74) is 5.20. The Kier molecular flexibility index (Phi) is 5.48. The summed E-state index contributed by atoms with van der Waals surface area (Å²) in [6, 6.07) is 17.6. The molecular weight excluding hydrogens is 268 g/mol. The molecule has 0 saturated heterocycles. The molecule has 0 saturated carbocycles. The molecule has 0 aromatic heterocycles. The second-order valence-corrected chi connectivity index (χ2v) is 6.54. The Morgan fingerprint density at radius 3 is 1.86 bits per heavy atom. The number of rotatable bonds is 6. The molecule has 0 spiro atoms. The number of anilines is 2. The first-order valence-corrected chi connectivity index (χ1v) is 8.08. The Hall–Kier alpha value is -1.96. The molecule has 0 fully saturated rings. The molecule has 0 aliphatic rings. The molecule has 2 nitrogen and oxygen atoms in total. The lowest BCUT2D eigenvalue weighted by atomic mass is 10.0. The van der Waals surface area contributed by atoms with Crippen LogP contribution < -0.4 is 10.2 Å². The van der Waals surface area contributed by atoms with Crippen LogP contribution in [0.5, 0.6) is 0 Å². The first-order valence-electron chi connectivity index (χ1n) is 8.08. The second-order valence-electron chi connectivity index (χ2n) is 6.54. The third-order valence-corrected chi connectivity index (χ3v) is 4.17. The largest absolute Gasteiger partial charge is 0.384 e. The minimum absolute atomic E-state index is 0.487. The Bertz CT molecular complexity index is 568. The molecule has 0 aliphatic carbocycles. The molecular formula is C20H28N2. The highest BCUT2D eigenvalue weighted by molar-refractivity contribution is 5.48. The van der Waals surface area contributed by atoms with E-state index in [1.807, 2.05) is 0 Å². The molecule has 1 N–H and O–H groups in total. The minimum atomic E-state index is 0.487. The van der Waals surface area contributed by atoms with Gasteiger partial charge in [-0.1, -0.05) is 45.0 Å². The summed E-state index contributed by atoms with van der Waals surface area (Å²) < 4.78 is 0. The maximum absolute atomic E-state index is 3.54. The van der Waals surface area contributed by atoms with E-state index in [1.165, 1.54) is 22.5 Å². The third-order valence-electron chi connectivity index (χ3n) is 4.17. The van der Waals surface area contributed by atoms with Crippen molar-refractivity contribution in [3.8, 4) is 0 Å². The van der Waals surface area contributed by atoms with Crippen molar-refractivity contribution in [1.82, 2.24) is 0 Å². The number of nitrogens with one attached hydrogen (secondary N) is 1. The van der Waals surface area contributed by atoms with Crippen molar-refractivity contribution in [3.05, 3.63) is 59.7 Å². The summed E-state index contributed by atoms with van der Waals surface area (Å²) in [5, 5.41) is 3.54. The van der Waals surface area contributed by atoms with Gasteiger partial charge in [0.2, 0.25) is 0 Å². The minimum Gasteiger partial charge on any atom is -0.384 e. The highest BCUT2D eigenvalue weighted by Crippen LogP contribution is 2.21. The van der Waals surface area contributed by atoms with Gasteiger partial charge in [0.15, 0.2) is 0 Å². The molecule has 22 heavy (non-hydrogen) atoms. The van der Waals surface area contributed by atoms with Crippen molar-refractivity contribution < 1.29 is 0 Å². The zero-order valence-electron chi connectivity index (χ0n) is 14.4. The van der Waals surface area contributed by atoms with Gasteiger partial charge in [0.05, 0.1) is 0 Å². The summed E-state index contributed by atoms with van der Waals surface area (Å²) in [6.07, 6.45) is 0. The van der Waals surface area contributed by atoms with E-state index >= 15 is 0 Å².